The van der Waals surface area contributed by atoms with Crippen molar-refractivity contribution < 1.29 is 29.0 Å². The molecule has 6 nitrogen and oxygen atoms in total. The van der Waals surface area contributed by atoms with E-state index in [1.54, 1.807) is 0 Å². The third kappa shape index (κ3) is 7.75. The Morgan fingerprint density at radius 3 is 2.42 bits per heavy atom. The fourth-order valence-electron chi connectivity index (χ4n) is 1.07. The number of esters is 2. The third-order valence-corrected chi connectivity index (χ3v) is 2.13. The number of cyclic esters (lactones) is 1. The predicted octanol–water partition coefficient (Wildman–Crippen LogP) is 1.81. The van der Waals surface area contributed by atoms with Crippen molar-refractivity contribution in [3.63, 3.8) is 0 Å². The van der Waals surface area contributed by atoms with Crippen LogP contribution in [-0.2, 0) is 23.9 Å². The van der Waals surface area contributed by atoms with Gasteiger partial charge in [-0.25, -0.2) is 14.4 Å². The van der Waals surface area contributed by atoms with Gasteiger partial charge in [0.1, 0.15) is 6.26 Å². The van der Waals surface area contributed by atoms with Gasteiger partial charge in [-0.3, -0.25) is 0 Å². The van der Waals surface area contributed by atoms with Crippen molar-refractivity contribution in [3.05, 3.63) is 24.5 Å². The molecule has 6 heteroatoms. The van der Waals surface area contributed by atoms with Gasteiger partial charge in [-0.2, -0.15) is 0 Å². The summed E-state index contributed by atoms with van der Waals surface area (Å²) in [7, 11) is 0. The van der Waals surface area contributed by atoms with Crippen LogP contribution in [0.5, 0.6) is 0 Å². The summed E-state index contributed by atoms with van der Waals surface area (Å²) in [5.41, 5.74) is 0.0143. The van der Waals surface area contributed by atoms with Gasteiger partial charge in [-0.05, 0) is 6.42 Å². The average molecular weight is 270 g/mol. The zero-order valence-corrected chi connectivity index (χ0v) is 10.9. The molecular formula is C13H18O6. The van der Waals surface area contributed by atoms with Crippen LogP contribution in [0.4, 0.5) is 0 Å². The second-order valence-corrected chi connectivity index (χ2v) is 3.68. The van der Waals surface area contributed by atoms with E-state index in [1.807, 2.05) is 0 Å². The largest absolute Gasteiger partial charge is 0.478 e. The monoisotopic (exact) mass is 270 g/mol. The summed E-state index contributed by atoms with van der Waals surface area (Å²) in [5.74, 6) is -2.15. The number of hydrogen-bond acceptors (Lipinski definition) is 5. The van der Waals surface area contributed by atoms with Crippen LogP contribution in [0.15, 0.2) is 24.5 Å². The molecule has 0 aliphatic carbocycles. The van der Waals surface area contributed by atoms with Crippen molar-refractivity contribution >= 4 is 17.9 Å². The van der Waals surface area contributed by atoms with E-state index in [9.17, 15) is 14.4 Å². The molecule has 0 aromatic heterocycles. The quantitative estimate of drug-likeness (QED) is 0.328. The Morgan fingerprint density at radius 1 is 1.42 bits per heavy atom. The molecule has 0 spiro atoms. The third-order valence-electron chi connectivity index (χ3n) is 2.13. The fourth-order valence-corrected chi connectivity index (χ4v) is 1.07. The van der Waals surface area contributed by atoms with Crippen molar-refractivity contribution in [3.8, 4) is 0 Å². The second kappa shape index (κ2) is 9.87. The smallest absolute Gasteiger partial charge is 0.353 e. The Morgan fingerprint density at radius 2 is 2.05 bits per heavy atom. The summed E-state index contributed by atoms with van der Waals surface area (Å²) in [6.45, 7) is 5.45. The summed E-state index contributed by atoms with van der Waals surface area (Å²) in [5, 5.41) is 7.60. The van der Waals surface area contributed by atoms with E-state index in [1.165, 1.54) is 0 Å². The molecule has 1 rings (SSSR count). The van der Waals surface area contributed by atoms with Crippen LogP contribution in [0.25, 0.3) is 0 Å². The van der Waals surface area contributed by atoms with Crippen LogP contribution in [0.2, 0.25) is 0 Å². The van der Waals surface area contributed by atoms with Gasteiger partial charge in [0.25, 0.3) is 0 Å². The molecule has 1 N–H and O–H groups in total. The number of unbranched alkanes of at least 4 members (excludes halogenated alkanes) is 3. The van der Waals surface area contributed by atoms with Gasteiger partial charge in [0.2, 0.25) is 0 Å². The SMILES string of the molecule is C=CC(=O)O.CCCCCCOC(=O)C1=COC1=O. The first-order valence-corrected chi connectivity index (χ1v) is 5.96. The summed E-state index contributed by atoms with van der Waals surface area (Å²) in [6, 6.07) is 0. The standard InChI is InChI=1S/C10H14O4.C3H4O2/c1-2-3-4-5-6-13-9(11)8-7-14-10(8)12;1-2-3(4)5/h7H,2-6H2,1H3;2H,1H2,(H,4,5). The molecule has 0 bridgehead atoms. The topological polar surface area (TPSA) is 89.9 Å². The highest BCUT2D eigenvalue weighted by atomic mass is 16.6. The molecule has 19 heavy (non-hydrogen) atoms. The maximum absolute atomic E-state index is 11.1. The van der Waals surface area contributed by atoms with Crippen LogP contribution in [0, 0.1) is 0 Å². The Kier molecular flexibility index (Phi) is 8.78. The van der Waals surface area contributed by atoms with Crippen molar-refractivity contribution in [2.75, 3.05) is 6.61 Å². The molecule has 1 aliphatic rings. The number of rotatable bonds is 7. The molecule has 0 saturated heterocycles. The van der Waals surface area contributed by atoms with Gasteiger partial charge < -0.3 is 14.6 Å². The van der Waals surface area contributed by atoms with Crippen LogP contribution < -0.4 is 0 Å². The van der Waals surface area contributed by atoms with Crippen molar-refractivity contribution in [1.29, 1.82) is 0 Å². The number of carboxylic acid groups (broad SMARTS) is 1. The molecule has 0 radical (unpaired) electrons. The van der Waals surface area contributed by atoms with Crippen molar-refractivity contribution in [2.24, 2.45) is 0 Å². The lowest BCUT2D eigenvalue weighted by atomic mass is 10.2. The first-order valence-electron chi connectivity index (χ1n) is 5.96. The molecule has 106 valence electrons. The summed E-state index contributed by atoms with van der Waals surface area (Å²) < 4.78 is 9.16. The van der Waals surface area contributed by atoms with E-state index < -0.39 is 17.9 Å². The fraction of sp³-hybridized carbons (Fsp3) is 0.462. The van der Waals surface area contributed by atoms with Gasteiger partial charge in [-0.15, -0.1) is 0 Å². The summed E-state index contributed by atoms with van der Waals surface area (Å²) in [6.07, 6.45) is 6.14. The number of aliphatic carboxylic acids is 1. The summed E-state index contributed by atoms with van der Waals surface area (Å²) in [4.78, 5) is 30.9. The maximum atomic E-state index is 11.1. The highest BCUT2D eigenvalue weighted by molar-refractivity contribution is 6.17. The molecule has 0 fully saturated rings. The van der Waals surface area contributed by atoms with Gasteiger partial charge in [0.05, 0.1) is 6.61 Å². The molecular weight excluding hydrogens is 252 g/mol. The van der Waals surface area contributed by atoms with Crippen LogP contribution in [0.3, 0.4) is 0 Å². The van der Waals surface area contributed by atoms with E-state index >= 15 is 0 Å². The molecule has 0 saturated carbocycles. The van der Waals surface area contributed by atoms with Gasteiger partial charge in [0.15, 0.2) is 5.57 Å². The van der Waals surface area contributed by atoms with Crippen LogP contribution in [-0.4, -0.2) is 29.6 Å². The highest BCUT2D eigenvalue weighted by Gasteiger charge is 2.28. The molecule has 0 unspecified atom stereocenters. The molecule has 1 heterocycles. The first-order chi connectivity index (χ1) is 9.02. The molecule has 1 aliphatic heterocycles. The molecule has 0 aromatic rings. The number of hydrogen-bond donors (Lipinski definition) is 1. The Balaban J connectivity index is 0.000000555. The van der Waals surface area contributed by atoms with E-state index in [-0.39, 0.29) is 5.57 Å². The minimum absolute atomic E-state index is 0.0143. The lowest BCUT2D eigenvalue weighted by molar-refractivity contribution is -0.149. The molecule has 0 aromatic carbocycles. The number of ether oxygens (including phenoxy) is 2. The van der Waals surface area contributed by atoms with Crippen LogP contribution in [0.1, 0.15) is 32.6 Å². The Labute approximate surface area is 111 Å². The minimum Gasteiger partial charge on any atom is -0.478 e. The predicted molar refractivity (Wildman–Crippen MR) is 67.1 cm³/mol. The van der Waals surface area contributed by atoms with E-state index in [0.717, 1.165) is 38.0 Å². The van der Waals surface area contributed by atoms with Gasteiger partial charge in [-0.1, -0.05) is 32.8 Å². The second-order valence-electron chi connectivity index (χ2n) is 3.68. The number of carboxylic acids is 1. The maximum Gasteiger partial charge on any atom is 0.353 e. The number of carbonyl (C=O) groups excluding carboxylic acids is 2. The van der Waals surface area contributed by atoms with E-state index in [2.05, 4.69) is 18.2 Å². The summed E-state index contributed by atoms with van der Waals surface area (Å²) >= 11 is 0. The normalized spacial score (nSPS) is 12.1. The van der Waals surface area contributed by atoms with E-state index in [4.69, 9.17) is 9.84 Å². The van der Waals surface area contributed by atoms with Gasteiger partial charge in [0, 0.05) is 6.08 Å². The first kappa shape index (κ1) is 16.9. The lowest BCUT2D eigenvalue weighted by Gasteiger charge is -2.11. The average Bonchev–Trinajstić information content (AvgIpc) is 2.37. The Hall–Kier alpha value is -2.11. The van der Waals surface area contributed by atoms with Crippen molar-refractivity contribution in [2.45, 2.75) is 32.6 Å². The molecule has 0 atom stereocenters. The van der Waals surface area contributed by atoms with Gasteiger partial charge >= 0.3 is 17.9 Å². The van der Waals surface area contributed by atoms with E-state index in [0.29, 0.717) is 6.61 Å². The van der Waals surface area contributed by atoms with Crippen molar-refractivity contribution in [1.82, 2.24) is 0 Å². The Bertz CT molecular complexity index is 369. The number of carbonyl (C=O) groups is 3. The molecule has 0 amide bonds. The zero-order chi connectivity index (χ0) is 14.7. The zero-order valence-electron chi connectivity index (χ0n) is 10.9. The van der Waals surface area contributed by atoms with Crippen LogP contribution >= 0.6 is 0 Å². The minimum atomic E-state index is -0.981. The lowest BCUT2D eigenvalue weighted by Crippen LogP contribution is -2.24. The highest BCUT2D eigenvalue weighted by Crippen LogP contribution is 2.12.